The smallest absolute Gasteiger partial charge is 0.328 e. The Morgan fingerprint density at radius 2 is 1.79 bits per heavy atom. The topological polar surface area (TPSA) is 114 Å². The van der Waals surface area contributed by atoms with E-state index in [0.29, 0.717) is 30.9 Å². The molecule has 0 unspecified atom stereocenters. The van der Waals surface area contributed by atoms with E-state index < -0.39 is 16.1 Å². The van der Waals surface area contributed by atoms with E-state index in [9.17, 15) is 18.0 Å². The molecule has 3 N–H and O–H groups in total. The van der Waals surface area contributed by atoms with Crippen LogP contribution in [-0.2, 0) is 16.4 Å². The minimum absolute atomic E-state index is 0.0237. The highest BCUT2D eigenvalue weighted by molar-refractivity contribution is 9.10. The summed E-state index contributed by atoms with van der Waals surface area (Å²) in [4.78, 5) is 23.7. The quantitative estimate of drug-likeness (QED) is 0.533. The van der Waals surface area contributed by atoms with Crippen LogP contribution in [-0.4, -0.2) is 40.6 Å². The van der Waals surface area contributed by atoms with Crippen molar-refractivity contribution in [2.75, 3.05) is 20.2 Å². The van der Waals surface area contributed by atoms with Gasteiger partial charge in [0.1, 0.15) is 5.75 Å². The second kappa shape index (κ2) is 10.3. The molecule has 0 atom stereocenters. The summed E-state index contributed by atoms with van der Waals surface area (Å²) in [6, 6.07) is 10.5. The highest BCUT2D eigenvalue weighted by Gasteiger charge is 2.17. The Kier molecular flexibility index (Phi) is 8.03. The van der Waals surface area contributed by atoms with Gasteiger partial charge in [0.05, 0.1) is 17.1 Å². The van der Waals surface area contributed by atoms with E-state index in [1.54, 1.807) is 30.3 Å². The van der Waals surface area contributed by atoms with Gasteiger partial charge in [0.2, 0.25) is 0 Å². The Hall–Kier alpha value is -2.59. The molecular formula is C19H22BrN3O5S. The summed E-state index contributed by atoms with van der Waals surface area (Å²) in [5, 5.41) is 5.02. The van der Waals surface area contributed by atoms with Crippen LogP contribution < -0.4 is 20.1 Å². The van der Waals surface area contributed by atoms with E-state index in [2.05, 4.69) is 26.6 Å². The maximum absolute atomic E-state index is 12.5. The predicted octanol–water partition coefficient (Wildman–Crippen LogP) is 2.44. The third-order valence-corrected chi connectivity index (χ3v) is 5.71. The molecule has 0 saturated heterocycles. The monoisotopic (exact) mass is 483 g/mol. The molecule has 10 heteroatoms. The number of carbonyl (C=O) groups is 2. The second-order valence-electron chi connectivity index (χ2n) is 5.91. The summed E-state index contributed by atoms with van der Waals surface area (Å²) in [5.74, 6) is 0.245. The third kappa shape index (κ3) is 6.47. The first-order valence-corrected chi connectivity index (χ1v) is 11.1. The fraction of sp³-hybridized carbons (Fsp3) is 0.263. The average molecular weight is 484 g/mol. The molecule has 0 fully saturated rings. The number of amides is 3. The number of halogens is 1. The van der Waals surface area contributed by atoms with Crippen molar-refractivity contribution in [3.63, 3.8) is 0 Å². The highest BCUT2D eigenvalue weighted by atomic mass is 79.9. The van der Waals surface area contributed by atoms with Gasteiger partial charge in [0.15, 0.2) is 0 Å². The Balaban J connectivity index is 1.97. The van der Waals surface area contributed by atoms with E-state index >= 15 is 0 Å². The van der Waals surface area contributed by atoms with E-state index in [-0.39, 0.29) is 10.8 Å². The first-order chi connectivity index (χ1) is 13.8. The summed E-state index contributed by atoms with van der Waals surface area (Å²) >= 11 is 3.35. The van der Waals surface area contributed by atoms with Crippen LogP contribution in [0, 0.1) is 0 Å². The molecular weight excluding hydrogens is 462 g/mol. The van der Waals surface area contributed by atoms with Gasteiger partial charge in [-0.15, -0.1) is 0 Å². The van der Waals surface area contributed by atoms with Gasteiger partial charge in [-0.3, -0.25) is 4.79 Å². The minimum atomic E-state index is -3.92. The lowest BCUT2D eigenvalue weighted by Gasteiger charge is -2.11. The second-order valence-corrected chi connectivity index (χ2v) is 8.51. The zero-order valence-electron chi connectivity index (χ0n) is 16.0. The summed E-state index contributed by atoms with van der Waals surface area (Å²) in [5.41, 5.74) is 1.27. The molecule has 0 aromatic heterocycles. The summed E-state index contributed by atoms with van der Waals surface area (Å²) in [7, 11) is -2.60. The van der Waals surface area contributed by atoms with Crippen LogP contribution in [0.4, 0.5) is 4.79 Å². The van der Waals surface area contributed by atoms with Gasteiger partial charge < -0.3 is 15.4 Å². The summed E-state index contributed by atoms with van der Waals surface area (Å²) in [6.07, 6.45) is 0.507. The van der Waals surface area contributed by atoms with E-state index in [0.717, 1.165) is 10.0 Å². The van der Waals surface area contributed by atoms with Crippen molar-refractivity contribution in [2.24, 2.45) is 0 Å². The molecule has 2 aromatic carbocycles. The molecule has 0 bridgehead atoms. The molecule has 0 radical (unpaired) electrons. The normalized spacial score (nSPS) is 10.9. The van der Waals surface area contributed by atoms with E-state index in [1.165, 1.54) is 19.2 Å². The minimum Gasteiger partial charge on any atom is -0.493 e. The van der Waals surface area contributed by atoms with Gasteiger partial charge in [0.25, 0.3) is 15.9 Å². The Morgan fingerprint density at radius 1 is 1.10 bits per heavy atom. The zero-order chi connectivity index (χ0) is 21.4. The van der Waals surface area contributed by atoms with Gasteiger partial charge in [-0.05, 0) is 49.2 Å². The number of ether oxygens (including phenoxy) is 1. The maximum Gasteiger partial charge on any atom is 0.328 e. The lowest BCUT2D eigenvalue weighted by Crippen LogP contribution is -2.37. The van der Waals surface area contributed by atoms with Crippen LogP contribution in [0.5, 0.6) is 5.75 Å². The predicted molar refractivity (Wildman–Crippen MR) is 113 cm³/mol. The third-order valence-electron chi connectivity index (χ3n) is 3.87. The van der Waals surface area contributed by atoms with Gasteiger partial charge in [0, 0.05) is 18.1 Å². The number of hydrogen-bond donors (Lipinski definition) is 3. The first-order valence-electron chi connectivity index (χ1n) is 8.81. The summed E-state index contributed by atoms with van der Waals surface area (Å²) < 4.78 is 32.2. The van der Waals surface area contributed by atoms with Crippen LogP contribution in [0.25, 0.3) is 0 Å². The molecule has 2 aromatic rings. The molecule has 2 rings (SSSR count). The van der Waals surface area contributed by atoms with Crippen molar-refractivity contribution in [3.8, 4) is 5.75 Å². The number of hydrogen-bond acceptors (Lipinski definition) is 5. The van der Waals surface area contributed by atoms with Crippen molar-refractivity contribution in [1.29, 1.82) is 0 Å². The average Bonchev–Trinajstić information content (AvgIpc) is 2.69. The van der Waals surface area contributed by atoms with Crippen molar-refractivity contribution >= 4 is 37.9 Å². The molecule has 156 valence electrons. The zero-order valence-corrected chi connectivity index (χ0v) is 18.4. The van der Waals surface area contributed by atoms with Gasteiger partial charge in [-0.25, -0.2) is 17.9 Å². The molecule has 0 aliphatic rings. The lowest BCUT2D eigenvalue weighted by atomic mass is 10.1. The maximum atomic E-state index is 12.5. The van der Waals surface area contributed by atoms with Crippen LogP contribution in [0.1, 0.15) is 22.8 Å². The number of carbonyl (C=O) groups excluding carboxylic acids is 2. The van der Waals surface area contributed by atoms with Crippen molar-refractivity contribution in [2.45, 2.75) is 18.2 Å². The number of sulfonamides is 1. The molecule has 0 saturated carbocycles. The molecule has 0 spiro atoms. The number of benzene rings is 2. The molecule has 29 heavy (non-hydrogen) atoms. The van der Waals surface area contributed by atoms with Gasteiger partial charge >= 0.3 is 6.03 Å². The largest absolute Gasteiger partial charge is 0.493 e. The van der Waals surface area contributed by atoms with Crippen LogP contribution in [0.15, 0.2) is 51.8 Å². The fourth-order valence-electron chi connectivity index (χ4n) is 2.44. The molecule has 0 aliphatic heterocycles. The molecule has 3 amide bonds. The van der Waals surface area contributed by atoms with Crippen molar-refractivity contribution < 1.29 is 22.7 Å². The van der Waals surface area contributed by atoms with Crippen molar-refractivity contribution in [1.82, 2.24) is 15.4 Å². The Bertz CT molecular complexity index is 978. The SMILES string of the molecule is CCOc1ccc(Br)cc1C(=O)NCCc1ccc(S(=O)(=O)NC(=O)NC)cc1. The number of rotatable bonds is 8. The fourth-order valence-corrected chi connectivity index (χ4v) is 3.76. The Morgan fingerprint density at radius 3 is 2.41 bits per heavy atom. The van der Waals surface area contributed by atoms with Gasteiger partial charge in [-0.1, -0.05) is 28.1 Å². The van der Waals surface area contributed by atoms with Crippen molar-refractivity contribution in [3.05, 3.63) is 58.1 Å². The highest BCUT2D eigenvalue weighted by Crippen LogP contribution is 2.23. The number of urea groups is 1. The first kappa shape index (κ1) is 22.7. The summed E-state index contributed by atoms with van der Waals surface area (Å²) in [6.45, 7) is 2.66. The number of nitrogens with one attached hydrogen (secondary N) is 3. The Labute approximate surface area is 178 Å². The lowest BCUT2D eigenvalue weighted by molar-refractivity contribution is 0.0950. The van der Waals surface area contributed by atoms with Crippen LogP contribution in [0.3, 0.4) is 0 Å². The van der Waals surface area contributed by atoms with E-state index in [1.807, 2.05) is 11.6 Å². The van der Waals surface area contributed by atoms with Crippen LogP contribution in [0.2, 0.25) is 0 Å². The molecule has 8 nitrogen and oxygen atoms in total. The molecule has 0 aliphatic carbocycles. The standard InChI is InChI=1S/C19H22BrN3O5S/c1-3-28-17-9-6-14(20)12-16(17)18(24)22-11-10-13-4-7-15(8-5-13)29(26,27)23-19(25)21-2/h4-9,12H,3,10-11H2,1-2H3,(H,22,24)(H2,21,23,25). The van der Waals surface area contributed by atoms with E-state index in [4.69, 9.17) is 4.74 Å². The van der Waals surface area contributed by atoms with Gasteiger partial charge in [-0.2, -0.15) is 0 Å². The molecule has 0 heterocycles. The van der Waals surface area contributed by atoms with Crippen LogP contribution >= 0.6 is 15.9 Å².